The van der Waals surface area contributed by atoms with Crippen LogP contribution in [0.4, 0.5) is 11.6 Å². The quantitative estimate of drug-likeness (QED) is 0.422. The molecule has 10 nitrogen and oxygen atoms in total. The first-order valence-electron chi connectivity index (χ1n) is 11.2. The molecule has 10 heteroatoms. The van der Waals surface area contributed by atoms with Crippen LogP contribution in [-0.4, -0.2) is 68.0 Å². The van der Waals surface area contributed by atoms with Crippen molar-refractivity contribution >= 4 is 34.5 Å². The summed E-state index contributed by atoms with van der Waals surface area (Å²) < 4.78 is 0. The number of hydrogen-bond acceptors (Lipinski definition) is 6. The Morgan fingerprint density at radius 1 is 1.15 bits per heavy atom. The van der Waals surface area contributed by atoms with Crippen molar-refractivity contribution in [1.82, 2.24) is 30.0 Å². The average Bonchev–Trinajstić information content (AvgIpc) is 3.50. The molecule has 1 saturated heterocycles. The lowest BCUT2D eigenvalue weighted by molar-refractivity contribution is -0.129. The lowest BCUT2D eigenvalue weighted by Gasteiger charge is -2.37. The van der Waals surface area contributed by atoms with E-state index in [1.807, 2.05) is 42.3 Å². The molecule has 3 aromatic heterocycles. The van der Waals surface area contributed by atoms with Gasteiger partial charge in [0.1, 0.15) is 11.5 Å². The van der Waals surface area contributed by atoms with Crippen molar-refractivity contribution in [2.24, 2.45) is 0 Å². The first kappa shape index (κ1) is 21.6. The number of amides is 2. The highest BCUT2D eigenvalue weighted by Gasteiger charge is 2.24. The summed E-state index contributed by atoms with van der Waals surface area (Å²) in [6.07, 6.45) is 3.37. The second-order valence-electron chi connectivity index (χ2n) is 8.48. The van der Waals surface area contributed by atoms with Crippen molar-refractivity contribution in [3.05, 3.63) is 54.2 Å². The molecule has 3 N–H and O–H groups in total. The van der Waals surface area contributed by atoms with Gasteiger partial charge in [-0.2, -0.15) is 5.10 Å². The Morgan fingerprint density at radius 3 is 2.65 bits per heavy atom. The van der Waals surface area contributed by atoms with Crippen LogP contribution in [0.1, 0.15) is 30.1 Å². The van der Waals surface area contributed by atoms with Gasteiger partial charge in [-0.15, -0.1) is 0 Å². The van der Waals surface area contributed by atoms with Gasteiger partial charge >= 0.3 is 0 Å². The molecule has 1 aromatic carbocycles. The predicted molar refractivity (Wildman–Crippen MR) is 130 cm³/mol. The minimum Gasteiger partial charge on any atom is -0.356 e. The summed E-state index contributed by atoms with van der Waals surface area (Å²) in [4.78, 5) is 40.5. The topological polar surface area (TPSA) is 123 Å². The molecule has 4 heterocycles. The van der Waals surface area contributed by atoms with Crippen molar-refractivity contribution in [3.8, 4) is 11.5 Å². The van der Waals surface area contributed by atoms with Crippen molar-refractivity contribution in [1.29, 1.82) is 0 Å². The fourth-order valence-corrected chi connectivity index (χ4v) is 4.22. The molecule has 0 radical (unpaired) electrons. The van der Waals surface area contributed by atoms with Gasteiger partial charge in [0.2, 0.25) is 5.91 Å². The van der Waals surface area contributed by atoms with Gasteiger partial charge in [-0.25, -0.2) is 9.97 Å². The van der Waals surface area contributed by atoms with Crippen LogP contribution < -0.4 is 10.2 Å². The fourth-order valence-electron chi connectivity index (χ4n) is 4.22. The molecule has 0 spiro atoms. The standard InChI is InChI=1S/C24H26N8O2/c1-15(33)31(2)17-9-11-32(12-10-17)22-8-7-16(14-25-22)24(34)28-21-13-20(29-30-21)23-26-18-5-3-4-6-19(18)27-23/h3-8,13-14,17H,9-12H2,1-2H3,(H,26,27)(H2,28,29,30,34). The Kier molecular flexibility index (Phi) is 5.70. The number of para-hydroxylation sites is 2. The zero-order chi connectivity index (χ0) is 23.7. The number of rotatable bonds is 5. The summed E-state index contributed by atoms with van der Waals surface area (Å²) in [6, 6.07) is 13.4. The van der Waals surface area contributed by atoms with Gasteiger partial charge in [-0.05, 0) is 37.1 Å². The summed E-state index contributed by atoms with van der Waals surface area (Å²) in [7, 11) is 1.85. The number of hydrogen-bond donors (Lipinski definition) is 3. The van der Waals surface area contributed by atoms with E-state index in [2.05, 4.69) is 35.4 Å². The van der Waals surface area contributed by atoms with Gasteiger partial charge in [-0.3, -0.25) is 14.7 Å². The SMILES string of the molecule is CC(=O)N(C)C1CCN(c2ccc(C(=O)Nc3cc(-c4nc5ccccc5[nH]4)[nH]n3)cn2)CC1. The molecule has 174 valence electrons. The maximum Gasteiger partial charge on any atom is 0.258 e. The van der Waals surface area contributed by atoms with Crippen LogP contribution in [0.5, 0.6) is 0 Å². The number of H-pyrrole nitrogens is 2. The maximum absolute atomic E-state index is 12.7. The third kappa shape index (κ3) is 4.34. The number of anilines is 2. The van der Waals surface area contributed by atoms with Gasteiger partial charge < -0.3 is 20.1 Å². The molecule has 0 atom stereocenters. The van der Waals surface area contributed by atoms with Crippen LogP contribution in [0, 0.1) is 0 Å². The van der Waals surface area contributed by atoms with E-state index in [4.69, 9.17) is 0 Å². The minimum absolute atomic E-state index is 0.0913. The van der Waals surface area contributed by atoms with E-state index in [0.29, 0.717) is 22.9 Å². The molecule has 0 saturated carbocycles. The number of nitrogens with one attached hydrogen (secondary N) is 3. The van der Waals surface area contributed by atoms with Crippen molar-refractivity contribution in [2.75, 3.05) is 30.4 Å². The number of aromatic amines is 2. The van der Waals surface area contributed by atoms with E-state index in [9.17, 15) is 9.59 Å². The normalized spacial score (nSPS) is 14.4. The Bertz CT molecular complexity index is 1290. The second kappa shape index (κ2) is 8.97. The van der Waals surface area contributed by atoms with Crippen LogP contribution in [0.2, 0.25) is 0 Å². The average molecular weight is 459 g/mol. The fraction of sp³-hybridized carbons (Fsp3) is 0.292. The number of benzene rings is 1. The van der Waals surface area contributed by atoms with E-state index < -0.39 is 0 Å². The molecule has 34 heavy (non-hydrogen) atoms. The Balaban J connectivity index is 1.20. The number of carbonyl (C=O) groups excluding carboxylic acids is 2. The molecule has 1 aliphatic rings. The number of carbonyl (C=O) groups is 2. The zero-order valence-corrected chi connectivity index (χ0v) is 19.1. The number of piperidine rings is 1. The zero-order valence-electron chi connectivity index (χ0n) is 19.1. The highest BCUT2D eigenvalue weighted by atomic mass is 16.2. The van der Waals surface area contributed by atoms with Crippen LogP contribution in [0.25, 0.3) is 22.6 Å². The molecule has 4 aromatic rings. The second-order valence-corrected chi connectivity index (χ2v) is 8.48. The van der Waals surface area contributed by atoms with Gasteiger partial charge in [0, 0.05) is 45.4 Å². The summed E-state index contributed by atoms with van der Waals surface area (Å²) in [5.74, 6) is 1.68. The highest BCUT2D eigenvalue weighted by Crippen LogP contribution is 2.22. The third-order valence-electron chi connectivity index (χ3n) is 6.31. The van der Waals surface area contributed by atoms with E-state index in [1.54, 1.807) is 25.3 Å². The molecule has 1 aliphatic heterocycles. The molecule has 0 bridgehead atoms. The van der Waals surface area contributed by atoms with E-state index in [-0.39, 0.29) is 17.9 Å². The summed E-state index contributed by atoms with van der Waals surface area (Å²) in [6.45, 7) is 3.23. The number of fused-ring (bicyclic) bond motifs is 1. The minimum atomic E-state index is -0.288. The number of aromatic nitrogens is 5. The summed E-state index contributed by atoms with van der Waals surface area (Å²) in [5, 5.41) is 9.88. The largest absolute Gasteiger partial charge is 0.356 e. The Labute approximate surface area is 196 Å². The van der Waals surface area contributed by atoms with E-state index >= 15 is 0 Å². The molecule has 0 aliphatic carbocycles. The Morgan fingerprint density at radius 2 is 1.94 bits per heavy atom. The van der Waals surface area contributed by atoms with Crippen molar-refractivity contribution < 1.29 is 9.59 Å². The van der Waals surface area contributed by atoms with E-state index in [1.165, 1.54) is 0 Å². The van der Waals surface area contributed by atoms with Crippen LogP contribution in [0.3, 0.4) is 0 Å². The molecular weight excluding hydrogens is 432 g/mol. The van der Waals surface area contributed by atoms with Gasteiger partial charge in [-0.1, -0.05) is 12.1 Å². The highest BCUT2D eigenvalue weighted by molar-refractivity contribution is 6.03. The first-order chi connectivity index (χ1) is 16.5. The van der Waals surface area contributed by atoms with E-state index in [0.717, 1.165) is 42.8 Å². The van der Waals surface area contributed by atoms with Gasteiger partial charge in [0.15, 0.2) is 11.6 Å². The third-order valence-corrected chi connectivity index (χ3v) is 6.31. The monoisotopic (exact) mass is 458 g/mol. The Hall–Kier alpha value is -4.21. The van der Waals surface area contributed by atoms with Gasteiger partial charge in [0.05, 0.1) is 16.6 Å². The summed E-state index contributed by atoms with van der Waals surface area (Å²) in [5.41, 5.74) is 2.92. The number of pyridine rings is 1. The number of imidazole rings is 1. The van der Waals surface area contributed by atoms with Crippen LogP contribution in [0.15, 0.2) is 48.7 Å². The summed E-state index contributed by atoms with van der Waals surface area (Å²) >= 11 is 0. The molecule has 0 unspecified atom stereocenters. The molecular formula is C24H26N8O2. The predicted octanol–water partition coefficient (Wildman–Crippen LogP) is 3.05. The first-order valence-corrected chi connectivity index (χ1v) is 11.2. The van der Waals surface area contributed by atoms with Crippen molar-refractivity contribution in [3.63, 3.8) is 0 Å². The molecule has 5 rings (SSSR count). The molecule has 1 fully saturated rings. The van der Waals surface area contributed by atoms with Crippen molar-refractivity contribution in [2.45, 2.75) is 25.8 Å². The molecule has 2 amide bonds. The lowest BCUT2D eigenvalue weighted by atomic mass is 10.0. The van der Waals surface area contributed by atoms with Gasteiger partial charge in [0.25, 0.3) is 5.91 Å². The van der Waals surface area contributed by atoms with Crippen LogP contribution >= 0.6 is 0 Å². The lowest BCUT2D eigenvalue weighted by Crippen LogP contribution is -2.45. The maximum atomic E-state index is 12.7. The number of nitrogens with zero attached hydrogens (tertiary/aromatic N) is 5. The smallest absolute Gasteiger partial charge is 0.258 e. The van der Waals surface area contributed by atoms with Crippen LogP contribution in [-0.2, 0) is 4.79 Å².